The van der Waals surface area contributed by atoms with Crippen LogP contribution in [0.3, 0.4) is 0 Å². The molecule has 5 heteroatoms. The van der Waals surface area contributed by atoms with Crippen molar-refractivity contribution >= 4 is 15.9 Å². The molecule has 0 amide bonds. The molecule has 4 nitrogen and oxygen atoms in total. The Morgan fingerprint density at radius 1 is 1.35 bits per heavy atom. The van der Waals surface area contributed by atoms with Gasteiger partial charge in [0, 0.05) is 36.0 Å². The monoisotopic (exact) mass is 302 g/mol. The first-order chi connectivity index (χ1) is 8.27. The molecule has 1 aromatic heterocycles. The van der Waals surface area contributed by atoms with Gasteiger partial charge in [-0.3, -0.25) is 4.98 Å². The minimum Gasteiger partial charge on any atom is -0.392 e. The van der Waals surface area contributed by atoms with Gasteiger partial charge in [0.1, 0.15) is 0 Å². The maximum atomic E-state index is 8.86. The standard InChI is InChI=1S/C7H9BrN2O.C5H10O/c8-6-1-5(4-11)7(2-9)10-3-6;1-2-4-6-5-3-1/h1,3,11H,2,4,9H2;1-5H2. The average Bonchev–Trinajstić information content (AvgIpc) is 2.41. The molecule has 3 N–H and O–H groups in total. The summed E-state index contributed by atoms with van der Waals surface area (Å²) in [5.41, 5.74) is 6.91. The number of aliphatic hydroxyl groups excluding tert-OH is 1. The van der Waals surface area contributed by atoms with Crippen LogP contribution in [0, 0.1) is 0 Å². The molecule has 0 radical (unpaired) electrons. The first-order valence-electron chi connectivity index (χ1n) is 5.80. The molecule has 1 aliphatic rings. The van der Waals surface area contributed by atoms with Crippen molar-refractivity contribution in [3.8, 4) is 0 Å². The first-order valence-corrected chi connectivity index (χ1v) is 6.59. The van der Waals surface area contributed by atoms with E-state index < -0.39 is 0 Å². The van der Waals surface area contributed by atoms with E-state index in [1.165, 1.54) is 19.3 Å². The van der Waals surface area contributed by atoms with Gasteiger partial charge < -0.3 is 15.6 Å². The lowest BCUT2D eigenvalue weighted by molar-refractivity contribution is 0.0968. The van der Waals surface area contributed by atoms with Gasteiger partial charge in [0.15, 0.2) is 0 Å². The second kappa shape index (κ2) is 8.58. The Hall–Kier alpha value is -0.490. The molecule has 0 unspecified atom stereocenters. The molecular formula is C12H19BrN2O2. The summed E-state index contributed by atoms with van der Waals surface area (Å²) in [4.78, 5) is 4.04. The molecule has 0 aliphatic carbocycles. The Morgan fingerprint density at radius 3 is 2.47 bits per heavy atom. The Balaban J connectivity index is 0.000000202. The lowest BCUT2D eigenvalue weighted by atomic mass is 10.2. The Morgan fingerprint density at radius 2 is 2.06 bits per heavy atom. The summed E-state index contributed by atoms with van der Waals surface area (Å²) in [6.07, 6.45) is 5.60. The maximum absolute atomic E-state index is 8.86. The molecule has 96 valence electrons. The molecule has 2 rings (SSSR count). The number of aromatic nitrogens is 1. The van der Waals surface area contributed by atoms with Gasteiger partial charge in [0.25, 0.3) is 0 Å². The van der Waals surface area contributed by atoms with Crippen LogP contribution in [0.25, 0.3) is 0 Å². The number of nitrogens with zero attached hydrogens (tertiary/aromatic N) is 1. The highest BCUT2D eigenvalue weighted by Gasteiger charge is 2.00. The Labute approximate surface area is 110 Å². The average molecular weight is 303 g/mol. The van der Waals surface area contributed by atoms with Crippen molar-refractivity contribution in [3.05, 3.63) is 28.0 Å². The summed E-state index contributed by atoms with van der Waals surface area (Å²) < 4.78 is 5.93. The fourth-order valence-electron chi connectivity index (χ4n) is 1.52. The second-order valence-corrected chi connectivity index (χ2v) is 4.71. The third-order valence-electron chi connectivity index (χ3n) is 2.47. The number of hydrogen-bond acceptors (Lipinski definition) is 4. The number of hydrogen-bond donors (Lipinski definition) is 2. The van der Waals surface area contributed by atoms with Gasteiger partial charge in [0.2, 0.25) is 0 Å². The van der Waals surface area contributed by atoms with Crippen LogP contribution in [-0.2, 0) is 17.9 Å². The Kier molecular flexibility index (Phi) is 7.35. The van der Waals surface area contributed by atoms with Gasteiger partial charge in [-0.25, -0.2) is 0 Å². The maximum Gasteiger partial charge on any atom is 0.0700 e. The number of rotatable bonds is 2. The van der Waals surface area contributed by atoms with Gasteiger partial charge in [-0.05, 0) is 41.3 Å². The zero-order valence-corrected chi connectivity index (χ0v) is 11.4. The van der Waals surface area contributed by atoms with Crippen LogP contribution < -0.4 is 5.73 Å². The van der Waals surface area contributed by atoms with E-state index in [4.69, 9.17) is 15.6 Å². The van der Waals surface area contributed by atoms with Gasteiger partial charge >= 0.3 is 0 Å². The molecule has 0 atom stereocenters. The van der Waals surface area contributed by atoms with Crippen LogP contribution in [0.5, 0.6) is 0 Å². The van der Waals surface area contributed by atoms with E-state index in [2.05, 4.69) is 20.9 Å². The van der Waals surface area contributed by atoms with Gasteiger partial charge in [-0.15, -0.1) is 0 Å². The van der Waals surface area contributed by atoms with Crippen LogP contribution in [0.4, 0.5) is 0 Å². The summed E-state index contributed by atoms with van der Waals surface area (Å²) in [5.74, 6) is 0. The van der Waals surface area contributed by atoms with E-state index in [-0.39, 0.29) is 6.61 Å². The molecule has 1 fully saturated rings. The van der Waals surface area contributed by atoms with E-state index in [0.717, 1.165) is 28.9 Å². The van der Waals surface area contributed by atoms with Crippen molar-refractivity contribution in [2.45, 2.75) is 32.4 Å². The van der Waals surface area contributed by atoms with Crippen molar-refractivity contribution in [2.75, 3.05) is 13.2 Å². The van der Waals surface area contributed by atoms with Gasteiger partial charge in [-0.1, -0.05) is 0 Å². The van der Waals surface area contributed by atoms with E-state index in [9.17, 15) is 0 Å². The van der Waals surface area contributed by atoms with E-state index in [1.54, 1.807) is 6.20 Å². The summed E-state index contributed by atoms with van der Waals surface area (Å²) in [6, 6.07) is 1.81. The Bertz CT molecular complexity index is 319. The summed E-state index contributed by atoms with van der Waals surface area (Å²) >= 11 is 3.25. The largest absolute Gasteiger partial charge is 0.392 e. The zero-order valence-electron chi connectivity index (χ0n) is 9.86. The number of aliphatic hydroxyl groups is 1. The van der Waals surface area contributed by atoms with Crippen molar-refractivity contribution in [1.82, 2.24) is 4.98 Å². The lowest BCUT2D eigenvalue weighted by Crippen LogP contribution is -2.04. The molecule has 0 bridgehead atoms. The third-order valence-corrected chi connectivity index (χ3v) is 2.90. The number of pyridine rings is 1. The molecular weight excluding hydrogens is 284 g/mol. The van der Waals surface area contributed by atoms with Crippen molar-refractivity contribution in [3.63, 3.8) is 0 Å². The van der Waals surface area contributed by atoms with E-state index in [0.29, 0.717) is 6.54 Å². The number of ether oxygens (including phenoxy) is 1. The highest BCUT2D eigenvalue weighted by Crippen LogP contribution is 2.13. The quantitative estimate of drug-likeness (QED) is 0.876. The molecule has 1 aromatic rings. The van der Waals surface area contributed by atoms with E-state index >= 15 is 0 Å². The van der Waals surface area contributed by atoms with E-state index in [1.807, 2.05) is 6.07 Å². The molecule has 17 heavy (non-hydrogen) atoms. The fraction of sp³-hybridized carbons (Fsp3) is 0.583. The molecule has 0 aromatic carbocycles. The molecule has 2 heterocycles. The van der Waals surface area contributed by atoms with Crippen molar-refractivity contribution in [2.24, 2.45) is 5.73 Å². The highest BCUT2D eigenvalue weighted by atomic mass is 79.9. The normalized spacial score (nSPS) is 15.0. The summed E-state index contributed by atoms with van der Waals surface area (Å²) in [7, 11) is 0. The minimum atomic E-state index is -0.0149. The fourth-order valence-corrected chi connectivity index (χ4v) is 1.90. The highest BCUT2D eigenvalue weighted by molar-refractivity contribution is 9.10. The molecule has 1 aliphatic heterocycles. The lowest BCUT2D eigenvalue weighted by Gasteiger charge is -2.08. The van der Waals surface area contributed by atoms with Crippen LogP contribution in [0.1, 0.15) is 30.5 Å². The van der Waals surface area contributed by atoms with Crippen LogP contribution in [-0.4, -0.2) is 23.3 Å². The van der Waals surface area contributed by atoms with Gasteiger partial charge in [-0.2, -0.15) is 0 Å². The predicted octanol–water partition coefficient (Wildman–Crippen LogP) is 1.98. The van der Waals surface area contributed by atoms with Crippen LogP contribution in [0.15, 0.2) is 16.7 Å². The number of halogens is 1. The smallest absolute Gasteiger partial charge is 0.0700 e. The number of nitrogens with two attached hydrogens (primary N) is 1. The SMILES string of the molecule is C1CCOCC1.NCc1ncc(Br)cc1CO. The van der Waals surface area contributed by atoms with Crippen molar-refractivity contribution in [1.29, 1.82) is 0 Å². The van der Waals surface area contributed by atoms with Gasteiger partial charge in [0.05, 0.1) is 12.3 Å². The topological polar surface area (TPSA) is 68.4 Å². The molecule has 0 spiro atoms. The molecule has 1 saturated heterocycles. The van der Waals surface area contributed by atoms with Crippen LogP contribution >= 0.6 is 15.9 Å². The van der Waals surface area contributed by atoms with Crippen molar-refractivity contribution < 1.29 is 9.84 Å². The minimum absolute atomic E-state index is 0.0149. The summed E-state index contributed by atoms with van der Waals surface area (Å²) in [6.45, 7) is 2.35. The predicted molar refractivity (Wildman–Crippen MR) is 70.4 cm³/mol. The summed E-state index contributed by atoms with van der Waals surface area (Å²) in [5, 5.41) is 8.86. The van der Waals surface area contributed by atoms with Crippen LogP contribution in [0.2, 0.25) is 0 Å². The third kappa shape index (κ3) is 5.59. The zero-order chi connectivity index (χ0) is 12.5. The second-order valence-electron chi connectivity index (χ2n) is 3.79. The molecule has 0 saturated carbocycles. The first kappa shape index (κ1) is 14.6.